The van der Waals surface area contributed by atoms with Crippen LogP contribution < -0.4 is 0 Å². The average Bonchev–Trinajstić information content (AvgIpc) is 2.14. The first-order valence-corrected chi connectivity index (χ1v) is 5.52. The zero-order valence-electron chi connectivity index (χ0n) is 10.3. The SMILES string of the molecule is CC(C)(C)OC(=O)N1CC(O)C[C@@H](N=[N+]=[N-])C1. The van der Waals surface area contributed by atoms with Crippen LogP contribution in [0.3, 0.4) is 0 Å². The molecule has 0 aliphatic carbocycles. The normalized spacial score (nSPS) is 25.1. The number of likely N-dealkylation sites (tertiary alicyclic amines) is 1. The van der Waals surface area contributed by atoms with Gasteiger partial charge in [0, 0.05) is 18.0 Å². The van der Waals surface area contributed by atoms with Crippen molar-refractivity contribution >= 4 is 6.09 Å². The van der Waals surface area contributed by atoms with Gasteiger partial charge >= 0.3 is 6.09 Å². The first-order chi connectivity index (χ1) is 7.81. The molecule has 1 fully saturated rings. The van der Waals surface area contributed by atoms with E-state index in [1.165, 1.54) is 4.90 Å². The fraction of sp³-hybridized carbons (Fsp3) is 0.900. The standard InChI is InChI=1S/C10H18N4O3/c1-10(2,3)17-9(16)14-5-7(12-13-11)4-8(15)6-14/h7-8,15H,4-6H2,1-3H3/t7-,8?/m1/s1. The Morgan fingerprint density at radius 1 is 1.53 bits per heavy atom. The summed E-state index contributed by atoms with van der Waals surface area (Å²) >= 11 is 0. The van der Waals surface area contributed by atoms with Gasteiger partial charge in [-0.2, -0.15) is 0 Å². The Hall–Kier alpha value is -1.46. The number of aliphatic hydroxyl groups is 1. The Kier molecular flexibility index (Phi) is 4.20. The molecule has 1 N–H and O–H groups in total. The summed E-state index contributed by atoms with van der Waals surface area (Å²) in [5.74, 6) is 0. The molecule has 1 aliphatic heterocycles. The van der Waals surface area contributed by atoms with Gasteiger partial charge in [0.2, 0.25) is 0 Å². The van der Waals surface area contributed by atoms with Crippen LogP contribution in [0.5, 0.6) is 0 Å². The highest BCUT2D eigenvalue weighted by atomic mass is 16.6. The lowest BCUT2D eigenvalue weighted by Gasteiger charge is -2.34. The van der Waals surface area contributed by atoms with Gasteiger partial charge in [-0.25, -0.2) is 4.79 Å². The zero-order chi connectivity index (χ0) is 13.1. The van der Waals surface area contributed by atoms with Crippen molar-refractivity contribution in [1.82, 2.24) is 4.90 Å². The molecule has 17 heavy (non-hydrogen) atoms. The highest BCUT2D eigenvalue weighted by Gasteiger charge is 2.31. The predicted octanol–water partition coefficient (Wildman–Crippen LogP) is 1.67. The number of azide groups is 1. The van der Waals surface area contributed by atoms with Crippen LogP contribution in [-0.4, -0.2) is 46.9 Å². The van der Waals surface area contributed by atoms with Crippen LogP contribution in [0.25, 0.3) is 10.4 Å². The lowest BCUT2D eigenvalue weighted by Crippen LogP contribution is -2.49. The predicted molar refractivity (Wildman–Crippen MR) is 61.4 cm³/mol. The molecule has 0 spiro atoms. The van der Waals surface area contributed by atoms with E-state index in [1.54, 1.807) is 20.8 Å². The number of carbonyl (C=O) groups is 1. The number of piperidine rings is 1. The second-order valence-electron chi connectivity index (χ2n) is 5.13. The van der Waals surface area contributed by atoms with Crippen LogP contribution in [0.1, 0.15) is 27.2 Å². The smallest absolute Gasteiger partial charge is 0.410 e. The van der Waals surface area contributed by atoms with Crippen LogP contribution in [0, 0.1) is 0 Å². The highest BCUT2D eigenvalue weighted by molar-refractivity contribution is 5.68. The molecule has 96 valence electrons. The quantitative estimate of drug-likeness (QED) is 0.430. The molecule has 1 rings (SSSR count). The van der Waals surface area contributed by atoms with Crippen molar-refractivity contribution < 1.29 is 14.6 Å². The monoisotopic (exact) mass is 242 g/mol. The summed E-state index contributed by atoms with van der Waals surface area (Å²) in [7, 11) is 0. The lowest BCUT2D eigenvalue weighted by molar-refractivity contribution is 0.000533. The summed E-state index contributed by atoms with van der Waals surface area (Å²) in [6, 6.07) is -0.392. The van der Waals surface area contributed by atoms with E-state index in [-0.39, 0.29) is 13.1 Å². The summed E-state index contributed by atoms with van der Waals surface area (Å²) in [6.07, 6.45) is -0.787. The van der Waals surface area contributed by atoms with Crippen molar-refractivity contribution in [3.63, 3.8) is 0 Å². The van der Waals surface area contributed by atoms with Gasteiger partial charge in [-0.3, -0.25) is 0 Å². The summed E-state index contributed by atoms with van der Waals surface area (Å²) in [5.41, 5.74) is 7.78. The van der Waals surface area contributed by atoms with Crippen LogP contribution in [0.15, 0.2) is 5.11 Å². The number of rotatable bonds is 1. The molecule has 0 radical (unpaired) electrons. The minimum atomic E-state index is -0.674. The van der Waals surface area contributed by atoms with Gasteiger partial charge in [-0.05, 0) is 32.7 Å². The summed E-state index contributed by atoms with van der Waals surface area (Å²) < 4.78 is 5.19. The summed E-state index contributed by atoms with van der Waals surface area (Å²) in [5, 5.41) is 13.1. The second-order valence-corrected chi connectivity index (χ2v) is 5.13. The number of carbonyl (C=O) groups excluding carboxylic acids is 1. The maximum atomic E-state index is 11.8. The van der Waals surface area contributed by atoms with Gasteiger partial charge in [0.05, 0.1) is 12.1 Å². The lowest BCUT2D eigenvalue weighted by atomic mass is 10.0. The van der Waals surface area contributed by atoms with Crippen molar-refractivity contribution in [1.29, 1.82) is 0 Å². The van der Waals surface area contributed by atoms with Gasteiger partial charge in [0.1, 0.15) is 5.60 Å². The Balaban J connectivity index is 2.64. The van der Waals surface area contributed by atoms with Crippen molar-refractivity contribution in [2.75, 3.05) is 13.1 Å². The molecule has 1 aliphatic rings. The molecule has 7 nitrogen and oxygen atoms in total. The molecule has 0 bridgehead atoms. The largest absolute Gasteiger partial charge is 0.444 e. The van der Waals surface area contributed by atoms with Crippen molar-refractivity contribution in [3.05, 3.63) is 10.4 Å². The van der Waals surface area contributed by atoms with Crippen LogP contribution in [0.2, 0.25) is 0 Å². The molecule has 1 heterocycles. The van der Waals surface area contributed by atoms with E-state index < -0.39 is 23.8 Å². The van der Waals surface area contributed by atoms with E-state index in [1.807, 2.05) is 0 Å². The van der Waals surface area contributed by atoms with E-state index in [4.69, 9.17) is 10.3 Å². The van der Waals surface area contributed by atoms with E-state index in [9.17, 15) is 9.90 Å². The Bertz CT molecular complexity index is 333. The zero-order valence-corrected chi connectivity index (χ0v) is 10.3. The molecule has 2 atom stereocenters. The van der Waals surface area contributed by atoms with Crippen molar-refractivity contribution in [2.24, 2.45) is 5.11 Å². The first kappa shape index (κ1) is 13.6. The van der Waals surface area contributed by atoms with E-state index in [0.717, 1.165) is 0 Å². The Labute approximate surface area is 100.0 Å². The fourth-order valence-electron chi connectivity index (χ4n) is 1.68. The topological polar surface area (TPSA) is 98.5 Å². The number of aliphatic hydroxyl groups excluding tert-OH is 1. The Morgan fingerprint density at radius 3 is 2.71 bits per heavy atom. The van der Waals surface area contributed by atoms with E-state index >= 15 is 0 Å². The molecular weight excluding hydrogens is 224 g/mol. The summed E-state index contributed by atoms with van der Waals surface area (Å²) in [6.45, 7) is 5.82. The second kappa shape index (κ2) is 5.25. The number of hydrogen-bond donors (Lipinski definition) is 1. The fourth-order valence-corrected chi connectivity index (χ4v) is 1.68. The van der Waals surface area contributed by atoms with E-state index in [0.29, 0.717) is 6.42 Å². The molecule has 1 unspecified atom stereocenters. The third-order valence-electron chi connectivity index (χ3n) is 2.27. The van der Waals surface area contributed by atoms with E-state index in [2.05, 4.69) is 10.0 Å². The molecule has 0 aromatic carbocycles. The van der Waals surface area contributed by atoms with Crippen LogP contribution in [0.4, 0.5) is 4.79 Å². The van der Waals surface area contributed by atoms with Gasteiger partial charge in [0.25, 0.3) is 0 Å². The van der Waals surface area contributed by atoms with Crippen LogP contribution in [-0.2, 0) is 4.74 Å². The molecule has 1 amide bonds. The third-order valence-corrected chi connectivity index (χ3v) is 2.27. The molecule has 7 heteroatoms. The molecule has 0 aromatic rings. The molecule has 0 aromatic heterocycles. The van der Waals surface area contributed by atoms with Crippen molar-refractivity contribution in [2.45, 2.75) is 44.9 Å². The van der Waals surface area contributed by atoms with Gasteiger partial charge < -0.3 is 14.7 Å². The highest BCUT2D eigenvalue weighted by Crippen LogP contribution is 2.17. The number of β-amino-alcohol motifs (C(OH)–C–C–N with tert-alkyl or cyclic N) is 1. The first-order valence-electron chi connectivity index (χ1n) is 5.52. The van der Waals surface area contributed by atoms with Gasteiger partial charge in [-0.1, -0.05) is 5.11 Å². The van der Waals surface area contributed by atoms with Crippen molar-refractivity contribution in [3.8, 4) is 0 Å². The minimum absolute atomic E-state index is 0.215. The number of nitrogens with zero attached hydrogens (tertiary/aromatic N) is 4. The molecular formula is C10H18N4O3. The number of amides is 1. The maximum absolute atomic E-state index is 11.8. The van der Waals surface area contributed by atoms with Gasteiger partial charge in [0.15, 0.2) is 0 Å². The van der Waals surface area contributed by atoms with Crippen LogP contribution >= 0.6 is 0 Å². The Morgan fingerprint density at radius 2 is 2.18 bits per heavy atom. The maximum Gasteiger partial charge on any atom is 0.410 e. The number of ether oxygens (including phenoxy) is 1. The number of hydrogen-bond acceptors (Lipinski definition) is 4. The minimum Gasteiger partial charge on any atom is -0.444 e. The summed E-state index contributed by atoms with van der Waals surface area (Å²) in [4.78, 5) is 15.8. The third kappa shape index (κ3) is 4.50. The molecule has 1 saturated heterocycles. The molecule has 0 saturated carbocycles. The average molecular weight is 242 g/mol. The van der Waals surface area contributed by atoms with Gasteiger partial charge in [-0.15, -0.1) is 0 Å².